The van der Waals surface area contributed by atoms with Gasteiger partial charge in [-0.25, -0.2) is 4.68 Å². The number of carbonyl (C=O) groups excluding carboxylic acids is 1. The first-order valence-electron chi connectivity index (χ1n) is 9.27. The summed E-state index contributed by atoms with van der Waals surface area (Å²) in [5.41, 5.74) is 2.08. The van der Waals surface area contributed by atoms with E-state index in [-0.39, 0.29) is 11.6 Å². The summed E-state index contributed by atoms with van der Waals surface area (Å²) >= 11 is 0. The molecule has 0 aliphatic heterocycles. The second-order valence-electron chi connectivity index (χ2n) is 6.31. The summed E-state index contributed by atoms with van der Waals surface area (Å²) in [4.78, 5) is 25.5. The number of non-ortho nitro benzene ring substituents is 1. The lowest BCUT2D eigenvalue weighted by molar-refractivity contribution is -0.384. The molecule has 1 amide bonds. The van der Waals surface area contributed by atoms with Crippen LogP contribution in [0.2, 0.25) is 0 Å². The smallest absolute Gasteiger partial charge is 0.272 e. The Balaban J connectivity index is 2.17. The van der Waals surface area contributed by atoms with Crippen molar-refractivity contribution in [3.05, 3.63) is 70.4 Å². The standard InChI is InChI=1S/C21H22N4O4/c1-4-23(5-2)21(26)20-14-19(15-8-6-11-18(12-15)29-3)22-24(20)16-9-7-10-17(13-16)25(27)28/h6-14H,4-5H2,1-3H3. The monoisotopic (exact) mass is 394 g/mol. The Morgan fingerprint density at radius 3 is 2.52 bits per heavy atom. The summed E-state index contributed by atoms with van der Waals surface area (Å²) in [6, 6.07) is 15.1. The molecule has 0 spiro atoms. The highest BCUT2D eigenvalue weighted by molar-refractivity contribution is 5.94. The van der Waals surface area contributed by atoms with Gasteiger partial charge in [0, 0.05) is 30.8 Å². The number of nitro groups is 1. The van der Waals surface area contributed by atoms with Gasteiger partial charge in [0.25, 0.3) is 11.6 Å². The molecule has 3 aromatic rings. The number of ether oxygens (including phenoxy) is 1. The van der Waals surface area contributed by atoms with E-state index in [0.29, 0.717) is 35.9 Å². The second kappa shape index (κ2) is 8.55. The first-order valence-corrected chi connectivity index (χ1v) is 9.27. The highest BCUT2D eigenvalue weighted by atomic mass is 16.6. The van der Waals surface area contributed by atoms with Crippen molar-refractivity contribution < 1.29 is 14.5 Å². The van der Waals surface area contributed by atoms with Crippen molar-refractivity contribution in [2.45, 2.75) is 13.8 Å². The molecule has 0 unspecified atom stereocenters. The lowest BCUT2D eigenvalue weighted by Gasteiger charge is -2.19. The zero-order chi connectivity index (χ0) is 21.0. The molecule has 3 rings (SSSR count). The maximum absolute atomic E-state index is 13.1. The van der Waals surface area contributed by atoms with Crippen LogP contribution in [-0.4, -0.2) is 45.7 Å². The fraction of sp³-hybridized carbons (Fsp3) is 0.238. The zero-order valence-electron chi connectivity index (χ0n) is 16.5. The Bertz CT molecular complexity index is 1040. The van der Waals surface area contributed by atoms with E-state index in [1.54, 1.807) is 30.2 Å². The van der Waals surface area contributed by atoms with Crippen LogP contribution in [0, 0.1) is 10.1 Å². The van der Waals surface area contributed by atoms with Gasteiger partial charge in [-0.1, -0.05) is 18.2 Å². The van der Waals surface area contributed by atoms with E-state index < -0.39 is 4.92 Å². The van der Waals surface area contributed by atoms with E-state index in [4.69, 9.17) is 4.74 Å². The molecule has 1 aromatic heterocycles. The predicted molar refractivity (Wildman–Crippen MR) is 109 cm³/mol. The number of carbonyl (C=O) groups is 1. The van der Waals surface area contributed by atoms with Crippen LogP contribution in [0.3, 0.4) is 0 Å². The molecule has 0 N–H and O–H groups in total. The molecule has 1 heterocycles. The average molecular weight is 394 g/mol. The summed E-state index contributed by atoms with van der Waals surface area (Å²) in [7, 11) is 1.58. The Morgan fingerprint density at radius 1 is 1.14 bits per heavy atom. The summed E-state index contributed by atoms with van der Waals surface area (Å²) in [6.07, 6.45) is 0. The van der Waals surface area contributed by atoms with Crippen LogP contribution in [-0.2, 0) is 0 Å². The van der Waals surface area contributed by atoms with E-state index in [0.717, 1.165) is 5.56 Å². The third-order valence-electron chi connectivity index (χ3n) is 4.63. The first kappa shape index (κ1) is 20.1. The van der Waals surface area contributed by atoms with Crippen LogP contribution in [0.15, 0.2) is 54.6 Å². The third-order valence-corrected chi connectivity index (χ3v) is 4.63. The minimum Gasteiger partial charge on any atom is -0.497 e. The van der Waals surface area contributed by atoms with E-state index in [9.17, 15) is 14.9 Å². The molecule has 0 radical (unpaired) electrons. The van der Waals surface area contributed by atoms with Gasteiger partial charge in [0.05, 0.1) is 23.4 Å². The Kier molecular flexibility index (Phi) is 5.92. The van der Waals surface area contributed by atoms with Crippen LogP contribution in [0.4, 0.5) is 5.69 Å². The van der Waals surface area contributed by atoms with E-state index in [1.165, 1.54) is 16.8 Å². The third kappa shape index (κ3) is 4.11. The summed E-state index contributed by atoms with van der Waals surface area (Å²) in [5, 5.41) is 15.8. The van der Waals surface area contributed by atoms with Crippen molar-refractivity contribution in [2.75, 3.05) is 20.2 Å². The Hall–Kier alpha value is -3.68. The van der Waals surface area contributed by atoms with Crippen LogP contribution >= 0.6 is 0 Å². The van der Waals surface area contributed by atoms with Crippen molar-refractivity contribution in [1.29, 1.82) is 0 Å². The number of nitro benzene ring substituents is 1. The van der Waals surface area contributed by atoms with Crippen LogP contribution < -0.4 is 4.74 Å². The molecule has 150 valence electrons. The maximum atomic E-state index is 13.1. The Labute approximate surface area is 168 Å². The molecule has 0 saturated heterocycles. The van der Waals surface area contributed by atoms with Gasteiger partial charge in [0.2, 0.25) is 0 Å². The molecule has 0 bridgehead atoms. The number of rotatable bonds is 7. The lowest BCUT2D eigenvalue weighted by atomic mass is 10.1. The summed E-state index contributed by atoms with van der Waals surface area (Å²) in [5.74, 6) is 0.479. The molecule has 0 aliphatic carbocycles. The fourth-order valence-corrected chi connectivity index (χ4v) is 3.06. The fourth-order valence-electron chi connectivity index (χ4n) is 3.06. The molecule has 0 fully saturated rings. The lowest BCUT2D eigenvalue weighted by Crippen LogP contribution is -2.32. The van der Waals surface area contributed by atoms with Gasteiger partial charge in [0.15, 0.2) is 0 Å². The highest BCUT2D eigenvalue weighted by Crippen LogP contribution is 2.27. The van der Waals surface area contributed by atoms with E-state index in [2.05, 4.69) is 5.10 Å². The van der Waals surface area contributed by atoms with Crippen molar-refractivity contribution in [2.24, 2.45) is 0 Å². The molecule has 2 aromatic carbocycles. The number of aromatic nitrogens is 2. The van der Waals surface area contributed by atoms with Crippen LogP contribution in [0.5, 0.6) is 5.75 Å². The molecular weight excluding hydrogens is 372 g/mol. The molecule has 0 aliphatic rings. The van der Waals surface area contributed by atoms with Crippen LogP contribution in [0.1, 0.15) is 24.3 Å². The predicted octanol–water partition coefficient (Wildman–Crippen LogP) is 3.94. The van der Waals surface area contributed by atoms with Crippen LogP contribution in [0.25, 0.3) is 16.9 Å². The molecule has 29 heavy (non-hydrogen) atoms. The zero-order valence-corrected chi connectivity index (χ0v) is 16.5. The Morgan fingerprint density at radius 2 is 1.86 bits per heavy atom. The first-order chi connectivity index (χ1) is 14.0. The maximum Gasteiger partial charge on any atom is 0.272 e. The quantitative estimate of drug-likeness (QED) is 0.447. The summed E-state index contributed by atoms with van der Waals surface area (Å²) in [6.45, 7) is 4.89. The van der Waals surface area contributed by atoms with Gasteiger partial charge >= 0.3 is 0 Å². The van der Waals surface area contributed by atoms with Crippen molar-refractivity contribution in [3.63, 3.8) is 0 Å². The summed E-state index contributed by atoms with van der Waals surface area (Å²) < 4.78 is 6.74. The van der Waals surface area contributed by atoms with E-state index in [1.807, 2.05) is 38.1 Å². The largest absolute Gasteiger partial charge is 0.497 e. The minimum atomic E-state index is -0.470. The number of hydrogen-bond donors (Lipinski definition) is 0. The average Bonchev–Trinajstić information content (AvgIpc) is 3.20. The van der Waals surface area contributed by atoms with Gasteiger partial charge < -0.3 is 9.64 Å². The number of nitrogens with zero attached hydrogens (tertiary/aromatic N) is 4. The van der Waals surface area contributed by atoms with Gasteiger partial charge in [-0.15, -0.1) is 0 Å². The topological polar surface area (TPSA) is 90.5 Å². The second-order valence-corrected chi connectivity index (χ2v) is 6.31. The van der Waals surface area contributed by atoms with Gasteiger partial charge in [-0.2, -0.15) is 5.10 Å². The van der Waals surface area contributed by atoms with Crippen molar-refractivity contribution in [3.8, 4) is 22.7 Å². The molecular formula is C21H22N4O4. The van der Waals surface area contributed by atoms with E-state index >= 15 is 0 Å². The van der Waals surface area contributed by atoms with Gasteiger partial charge in [-0.3, -0.25) is 14.9 Å². The molecule has 0 atom stereocenters. The number of benzene rings is 2. The number of amides is 1. The molecule has 8 heteroatoms. The molecule has 0 saturated carbocycles. The number of hydrogen-bond acceptors (Lipinski definition) is 5. The highest BCUT2D eigenvalue weighted by Gasteiger charge is 2.22. The number of methoxy groups -OCH3 is 1. The minimum absolute atomic E-state index is 0.0674. The van der Waals surface area contributed by atoms with Gasteiger partial charge in [0.1, 0.15) is 11.4 Å². The van der Waals surface area contributed by atoms with Crippen molar-refractivity contribution >= 4 is 11.6 Å². The van der Waals surface area contributed by atoms with Gasteiger partial charge in [-0.05, 0) is 38.1 Å². The SMILES string of the molecule is CCN(CC)C(=O)c1cc(-c2cccc(OC)c2)nn1-c1cccc([N+](=O)[O-])c1. The molecule has 8 nitrogen and oxygen atoms in total. The van der Waals surface area contributed by atoms with Crippen molar-refractivity contribution in [1.82, 2.24) is 14.7 Å². The normalized spacial score (nSPS) is 10.6.